The van der Waals surface area contributed by atoms with Crippen LogP contribution in [0.25, 0.3) is 0 Å². The number of hydrogen-bond donors (Lipinski definition) is 2. The lowest BCUT2D eigenvalue weighted by Gasteiger charge is -2.27. The molecule has 3 aromatic heterocycles. The number of carbonyl (C=O) groups is 2. The summed E-state index contributed by atoms with van der Waals surface area (Å²) in [7, 11) is 1.72. The molecular weight excluding hydrogens is 507 g/mol. The van der Waals surface area contributed by atoms with Crippen molar-refractivity contribution in [3.05, 3.63) is 49.8 Å². The second-order valence-corrected chi connectivity index (χ2v) is 12.2. The van der Waals surface area contributed by atoms with E-state index >= 15 is 0 Å². The monoisotopic (exact) mass is 533 g/mol. The minimum Gasteiger partial charge on any atom is -0.305 e. The number of aliphatic imine (C=N–C) groups is 1. The molecule has 4 rings (SSSR count). The molecule has 1 fully saturated rings. The minimum absolute atomic E-state index is 0.0282. The van der Waals surface area contributed by atoms with Crippen molar-refractivity contribution < 1.29 is 9.59 Å². The predicted octanol–water partition coefficient (Wildman–Crippen LogP) is 5.19. The number of nitrogens with one attached hydrogen (secondary N) is 2. The Labute approximate surface area is 215 Å². The van der Waals surface area contributed by atoms with E-state index in [-0.39, 0.29) is 11.8 Å². The molecule has 0 aliphatic heterocycles. The lowest BCUT2D eigenvalue weighted by molar-refractivity contribution is -0.119. The number of nitrogens with zero attached hydrogens (tertiary/aromatic N) is 3. The van der Waals surface area contributed by atoms with E-state index in [0.717, 1.165) is 46.2 Å². The van der Waals surface area contributed by atoms with Crippen LogP contribution in [-0.2, 0) is 22.4 Å². The van der Waals surface area contributed by atoms with E-state index in [2.05, 4.69) is 25.8 Å². The summed E-state index contributed by atoms with van der Waals surface area (Å²) in [4.78, 5) is 30.9. The van der Waals surface area contributed by atoms with Crippen LogP contribution in [0.4, 0.5) is 5.13 Å². The van der Waals surface area contributed by atoms with Gasteiger partial charge in [0.05, 0.1) is 12.8 Å². The van der Waals surface area contributed by atoms with Crippen LogP contribution in [0.5, 0.6) is 0 Å². The van der Waals surface area contributed by atoms with E-state index in [4.69, 9.17) is 0 Å². The second-order valence-electron chi connectivity index (χ2n) is 8.12. The van der Waals surface area contributed by atoms with Crippen LogP contribution in [0.2, 0.25) is 0 Å². The van der Waals surface area contributed by atoms with Crippen LogP contribution in [0.1, 0.15) is 46.4 Å². The van der Waals surface area contributed by atoms with Gasteiger partial charge in [-0.25, -0.2) is 0 Å². The Morgan fingerprint density at radius 2 is 1.82 bits per heavy atom. The number of thiophene rings is 2. The van der Waals surface area contributed by atoms with E-state index in [1.54, 1.807) is 41.5 Å². The number of carbonyl (C=O) groups excluding carboxylic acids is 2. The zero-order valence-corrected chi connectivity index (χ0v) is 22.1. The lowest BCUT2D eigenvalue weighted by Crippen LogP contribution is -2.30. The molecule has 1 aliphatic carbocycles. The van der Waals surface area contributed by atoms with E-state index in [1.807, 2.05) is 35.0 Å². The first-order valence-corrected chi connectivity index (χ1v) is 14.7. The van der Waals surface area contributed by atoms with Crippen molar-refractivity contribution in [1.82, 2.24) is 15.5 Å². The number of thioether (sulfide) groups is 1. The topological polar surface area (TPSA) is 96.3 Å². The fourth-order valence-corrected chi connectivity index (χ4v) is 7.27. The van der Waals surface area contributed by atoms with Crippen molar-refractivity contribution in [2.24, 2.45) is 10.9 Å². The Balaban J connectivity index is 1.23. The summed E-state index contributed by atoms with van der Waals surface area (Å²) in [5.74, 6) is 1.70. The number of aromatic nitrogens is 2. The van der Waals surface area contributed by atoms with Crippen molar-refractivity contribution in [2.75, 3.05) is 18.1 Å². The van der Waals surface area contributed by atoms with E-state index in [1.165, 1.54) is 11.3 Å². The van der Waals surface area contributed by atoms with Gasteiger partial charge in [-0.05, 0) is 48.1 Å². The SMILES string of the molecule is C/N=C(/NC(=O)Cc1cccs1)SC[C@H]1CCC[C@H](c2nnc(NC(=O)Cc3cccs3)s2)C1. The van der Waals surface area contributed by atoms with Gasteiger partial charge in [0.15, 0.2) is 5.17 Å². The molecule has 0 unspecified atom stereocenters. The van der Waals surface area contributed by atoms with Crippen molar-refractivity contribution in [3.8, 4) is 0 Å². The van der Waals surface area contributed by atoms with Crippen molar-refractivity contribution in [2.45, 2.75) is 44.4 Å². The summed E-state index contributed by atoms with van der Waals surface area (Å²) in [6.45, 7) is 0. The van der Waals surface area contributed by atoms with E-state index < -0.39 is 0 Å². The maximum atomic E-state index is 12.3. The number of amidine groups is 1. The number of rotatable bonds is 8. The molecule has 34 heavy (non-hydrogen) atoms. The van der Waals surface area contributed by atoms with Crippen LogP contribution in [0, 0.1) is 5.92 Å². The summed E-state index contributed by atoms with van der Waals surface area (Å²) in [6, 6.07) is 7.83. The van der Waals surface area contributed by atoms with Crippen LogP contribution in [0.15, 0.2) is 40.0 Å². The summed E-state index contributed by atoms with van der Waals surface area (Å²) in [6.07, 6.45) is 5.16. The van der Waals surface area contributed by atoms with Gasteiger partial charge in [-0.2, -0.15) is 0 Å². The summed E-state index contributed by atoms with van der Waals surface area (Å²) < 4.78 is 0. The Morgan fingerprint density at radius 3 is 2.50 bits per heavy atom. The summed E-state index contributed by atoms with van der Waals surface area (Å²) in [5.41, 5.74) is 0. The van der Waals surface area contributed by atoms with Gasteiger partial charge in [0.2, 0.25) is 16.9 Å². The zero-order valence-electron chi connectivity index (χ0n) is 18.9. The predicted molar refractivity (Wildman–Crippen MR) is 143 cm³/mol. The molecule has 3 heterocycles. The first-order valence-electron chi connectivity index (χ1n) is 11.2. The van der Waals surface area contributed by atoms with Gasteiger partial charge in [0.25, 0.3) is 0 Å². The normalized spacial score (nSPS) is 18.6. The molecule has 0 radical (unpaired) electrons. The zero-order chi connectivity index (χ0) is 23.8. The third kappa shape index (κ3) is 7.46. The van der Waals surface area contributed by atoms with Crippen LogP contribution in [0.3, 0.4) is 0 Å². The van der Waals surface area contributed by atoms with Gasteiger partial charge in [-0.15, -0.1) is 32.9 Å². The fourth-order valence-electron chi connectivity index (χ4n) is 3.94. The summed E-state index contributed by atoms with van der Waals surface area (Å²) in [5, 5.41) is 20.6. The second kappa shape index (κ2) is 12.6. The smallest absolute Gasteiger partial charge is 0.231 e. The molecule has 0 saturated heterocycles. The van der Waals surface area contributed by atoms with Crippen molar-refractivity contribution in [1.29, 1.82) is 0 Å². The molecule has 3 aromatic rings. The molecule has 0 spiro atoms. The lowest BCUT2D eigenvalue weighted by atomic mass is 9.83. The Kier molecular flexibility index (Phi) is 9.25. The van der Waals surface area contributed by atoms with Gasteiger partial charge < -0.3 is 10.6 Å². The van der Waals surface area contributed by atoms with E-state index in [0.29, 0.717) is 35.0 Å². The molecule has 7 nitrogen and oxygen atoms in total. The Bertz CT molecular complexity index is 1090. The molecule has 0 bridgehead atoms. The Morgan fingerprint density at radius 1 is 1.09 bits per heavy atom. The molecule has 11 heteroatoms. The maximum Gasteiger partial charge on any atom is 0.231 e. The molecule has 2 atom stereocenters. The molecule has 0 aromatic carbocycles. The highest BCUT2D eigenvalue weighted by atomic mass is 32.2. The Hall–Kier alpha value is -2.08. The largest absolute Gasteiger partial charge is 0.305 e. The average Bonchev–Trinajstić information content (AvgIpc) is 3.61. The molecule has 1 saturated carbocycles. The fraction of sp³-hybridized carbons (Fsp3) is 0.435. The standard InChI is InChI=1S/C23H27N5O2S4/c1-24-22(25-19(29)12-17-7-3-9-31-17)33-14-15-5-2-6-16(11-15)21-27-28-23(34-21)26-20(30)13-18-8-4-10-32-18/h3-4,7-10,15-16H,2,5-6,11-14H2,1H3,(H,24,25,29)(H,26,28,30)/t15-,16-/m0/s1. The highest BCUT2D eigenvalue weighted by Gasteiger charge is 2.27. The number of hydrogen-bond acceptors (Lipinski definition) is 9. The third-order valence-corrected chi connectivity index (χ3v) is 9.50. The third-order valence-electron chi connectivity index (χ3n) is 5.55. The molecule has 180 valence electrons. The number of amides is 2. The van der Waals surface area contributed by atoms with Gasteiger partial charge in [0, 0.05) is 28.5 Å². The van der Waals surface area contributed by atoms with Crippen LogP contribution >= 0.6 is 45.8 Å². The molecule has 2 N–H and O–H groups in total. The first kappa shape index (κ1) is 25.0. The van der Waals surface area contributed by atoms with E-state index in [9.17, 15) is 9.59 Å². The van der Waals surface area contributed by atoms with Gasteiger partial charge in [0.1, 0.15) is 5.01 Å². The molecule has 1 aliphatic rings. The van der Waals surface area contributed by atoms with Crippen molar-refractivity contribution in [3.63, 3.8) is 0 Å². The number of anilines is 1. The van der Waals surface area contributed by atoms with Crippen LogP contribution in [-0.4, -0.2) is 40.0 Å². The van der Waals surface area contributed by atoms with Gasteiger partial charge >= 0.3 is 0 Å². The maximum absolute atomic E-state index is 12.3. The minimum atomic E-state index is -0.0596. The average molecular weight is 534 g/mol. The van der Waals surface area contributed by atoms with Crippen molar-refractivity contribution >= 4 is 67.9 Å². The first-order chi connectivity index (χ1) is 16.6. The van der Waals surface area contributed by atoms with Crippen LogP contribution < -0.4 is 10.6 Å². The highest BCUT2D eigenvalue weighted by Crippen LogP contribution is 2.39. The van der Waals surface area contributed by atoms with Gasteiger partial charge in [-0.3, -0.25) is 14.6 Å². The quantitative estimate of drug-likeness (QED) is 0.307. The summed E-state index contributed by atoms with van der Waals surface area (Å²) >= 11 is 6.26. The molecular formula is C23H27N5O2S4. The molecule has 2 amide bonds. The van der Waals surface area contributed by atoms with Gasteiger partial charge in [-0.1, -0.05) is 41.7 Å². The highest BCUT2D eigenvalue weighted by molar-refractivity contribution is 8.13.